The highest BCUT2D eigenvalue weighted by Gasteiger charge is 2.25. The number of piperazine rings is 1. The van der Waals surface area contributed by atoms with Crippen LogP contribution >= 0.6 is 27.3 Å². The fourth-order valence-corrected chi connectivity index (χ4v) is 2.97. The highest BCUT2D eigenvalue weighted by atomic mass is 79.9. The Morgan fingerprint density at radius 3 is 2.88 bits per heavy atom. The van der Waals surface area contributed by atoms with E-state index in [1.807, 2.05) is 16.3 Å². The van der Waals surface area contributed by atoms with Crippen molar-refractivity contribution in [3.05, 3.63) is 20.8 Å². The van der Waals surface area contributed by atoms with Gasteiger partial charge in [0.25, 0.3) is 5.91 Å². The maximum Gasteiger partial charge on any atom is 0.254 e. The highest BCUT2D eigenvalue weighted by molar-refractivity contribution is 9.11. The largest absolute Gasteiger partial charge is 0.336 e. The van der Waals surface area contributed by atoms with Crippen molar-refractivity contribution < 1.29 is 4.79 Å². The minimum atomic E-state index is 0.155. The van der Waals surface area contributed by atoms with Crippen LogP contribution in [0, 0.1) is 0 Å². The second kappa shape index (κ2) is 4.85. The smallest absolute Gasteiger partial charge is 0.254 e. The second-order valence-electron chi connectivity index (χ2n) is 4.22. The van der Waals surface area contributed by atoms with Gasteiger partial charge >= 0.3 is 0 Å². The molecule has 0 aliphatic carbocycles. The number of thiophene rings is 1. The van der Waals surface area contributed by atoms with Gasteiger partial charge < -0.3 is 9.80 Å². The Hall–Kier alpha value is -0.390. The van der Waals surface area contributed by atoms with Crippen molar-refractivity contribution in [2.24, 2.45) is 0 Å². The van der Waals surface area contributed by atoms with Crippen LogP contribution in [0.1, 0.15) is 17.3 Å². The van der Waals surface area contributed by atoms with Crippen LogP contribution < -0.4 is 0 Å². The minimum Gasteiger partial charge on any atom is -0.336 e. The molecule has 0 spiro atoms. The molecule has 1 atom stereocenters. The normalized spacial score (nSPS) is 22.4. The molecule has 1 aliphatic rings. The third-order valence-electron chi connectivity index (χ3n) is 3.06. The summed E-state index contributed by atoms with van der Waals surface area (Å²) in [5.41, 5.74) is 0.800. The molecular weight excluding hydrogens is 288 g/mol. The Morgan fingerprint density at radius 1 is 1.56 bits per heavy atom. The maximum absolute atomic E-state index is 12.2. The SMILES string of the molecule is CC1CN(C(=O)c2csc(Br)c2)CCN1C. The predicted octanol–water partition coefficient (Wildman–Crippen LogP) is 2.29. The summed E-state index contributed by atoms with van der Waals surface area (Å²) in [6.45, 7) is 4.76. The molecule has 1 fully saturated rings. The number of amides is 1. The Bertz CT molecular complexity index is 393. The Balaban J connectivity index is 2.06. The summed E-state index contributed by atoms with van der Waals surface area (Å²) >= 11 is 4.94. The number of carbonyl (C=O) groups excluding carboxylic acids is 1. The monoisotopic (exact) mass is 302 g/mol. The Labute approximate surface area is 108 Å². The molecule has 1 aromatic rings. The first-order valence-corrected chi connectivity index (χ1v) is 6.98. The van der Waals surface area contributed by atoms with E-state index in [2.05, 4.69) is 34.8 Å². The number of rotatable bonds is 1. The van der Waals surface area contributed by atoms with Gasteiger partial charge in [-0.15, -0.1) is 11.3 Å². The van der Waals surface area contributed by atoms with Crippen molar-refractivity contribution in [3.8, 4) is 0 Å². The van der Waals surface area contributed by atoms with E-state index in [9.17, 15) is 4.79 Å². The number of hydrogen-bond acceptors (Lipinski definition) is 3. The van der Waals surface area contributed by atoms with Crippen LogP contribution in [-0.2, 0) is 0 Å². The topological polar surface area (TPSA) is 23.6 Å². The van der Waals surface area contributed by atoms with Crippen molar-refractivity contribution in [2.45, 2.75) is 13.0 Å². The molecule has 1 amide bonds. The van der Waals surface area contributed by atoms with Crippen molar-refractivity contribution in [3.63, 3.8) is 0 Å². The lowest BCUT2D eigenvalue weighted by molar-refractivity contribution is 0.0573. The van der Waals surface area contributed by atoms with Crippen LogP contribution in [0.5, 0.6) is 0 Å². The molecule has 16 heavy (non-hydrogen) atoms. The standard InChI is InChI=1S/C11H15BrN2OS/c1-8-6-14(4-3-13(8)2)11(15)9-5-10(12)16-7-9/h5,7-8H,3-4,6H2,1-2H3. The first kappa shape index (κ1) is 12.1. The molecule has 0 saturated carbocycles. The third kappa shape index (κ3) is 2.47. The molecule has 2 rings (SSSR count). The van der Waals surface area contributed by atoms with Crippen molar-refractivity contribution in [2.75, 3.05) is 26.7 Å². The van der Waals surface area contributed by atoms with Gasteiger partial charge in [0.1, 0.15) is 0 Å². The van der Waals surface area contributed by atoms with Crippen molar-refractivity contribution in [1.82, 2.24) is 9.80 Å². The first-order valence-electron chi connectivity index (χ1n) is 5.31. The van der Waals surface area contributed by atoms with Crippen LogP contribution in [0.4, 0.5) is 0 Å². The molecule has 5 heteroatoms. The highest BCUT2D eigenvalue weighted by Crippen LogP contribution is 2.22. The molecule has 0 radical (unpaired) electrons. The molecule has 1 aromatic heterocycles. The zero-order valence-corrected chi connectivity index (χ0v) is 11.8. The number of hydrogen-bond donors (Lipinski definition) is 0. The quantitative estimate of drug-likeness (QED) is 0.795. The van der Waals surface area contributed by atoms with Gasteiger partial charge in [0.05, 0.1) is 9.35 Å². The molecule has 2 heterocycles. The molecular formula is C11H15BrN2OS. The summed E-state index contributed by atoms with van der Waals surface area (Å²) in [4.78, 5) is 16.4. The van der Waals surface area contributed by atoms with Gasteiger partial charge in [0.15, 0.2) is 0 Å². The molecule has 0 N–H and O–H groups in total. The van der Waals surface area contributed by atoms with Crippen LogP contribution in [0.15, 0.2) is 15.2 Å². The van der Waals surface area contributed by atoms with Gasteiger partial charge in [-0.05, 0) is 36.0 Å². The summed E-state index contributed by atoms with van der Waals surface area (Å²) in [5.74, 6) is 0.155. The maximum atomic E-state index is 12.2. The van der Waals surface area contributed by atoms with E-state index < -0.39 is 0 Å². The molecule has 0 bridgehead atoms. The summed E-state index contributed by atoms with van der Waals surface area (Å²) < 4.78 is 1.01. The Morgan fingerprint density at radius 2 is 2.31 bits per heavy atom. The van der Waals surface area contributed by atoms with Crippen molar-refractivity contribution >= 4 is 33.2 Å². The first-order chi connectivity index (χ1) is 7.58. The van der Waals surface area contributed by atoms with E-state index in [1.54, 1.807) is 11.3 Å². The third-order valence-corrected chi connectivity index (χ3v) is 4.57. The minimum absolute atomic E-state index is 0.155. The molecule has 1 aliphatic heterocycles. The van der Waals surface area contributed by atoms with Crippen LogP contribution in [0.2, 0.25) is 0 Å². The van der Waals surface area contributed by atoms with Gasteiger partial charge in [0.2, 0.25) is 0 Å². The lowest BCUT2D eigenvalue weighted by Crippen LogP contribution is -2.51. The zero-order chi connectivity index (χ0) is 11.7. The summed E-state index contributed by atoms with van der Waals surface area (Å²) in [6, 6.07) is 2.34. The molecule has 0 aromatic carbocycles. The molecule has 3 nitrogen and oxygen atoms in total. The zero-order valence-electron chi connectivity index (χ0n) is 9.44. The number of likely N-dealkylation sites (N-methyl/N-ethyl adjacent to an activating group) is 1. The molecule has 1 saturated heterocycles. The van der Waals surface area contributed by atoms with Gasteiger partial charge in [0, 0.05) is 31.1 Å². The van der Waals surface area contributed by atoms with Gasteiger partial charge in [-0.3, -0.25) is 4.79 Å². The Kier molecular flexibility index (Phi) is 3.66. The van der Waals surface area contributed by atoms with E-state index in [-0.39, 0.29) is 5.91 Å². The average Bonchev–Trinajstić information content (AvgIpc) is 2.68. The average molecular weight is 303 g/mol. The lowest BCUT2D eigenvalue weighted by Gasteiger charge is -2.37. The van der Waals surface area contributed by atoms with Gasteiger partial charge in [-0.1, -0.05) is 0 Å². The summed E-state index contributed by atoms with van der Waals surface area (Å²) in [5, 5.41) is 1.91. The summed E-state index contributed by atoms with van der Waals surface area (Å²) in [6.07, 6.45) is 0. The van der Waals surface area contributed by atoms with Gasteiger partial charge in [-0.2, -0.15) is 0 Å². The lowest BCUT2D eigenvalue weighted by atomic mass is 10.2. The van der Waals surface area contributed by atoms with E-state index >= 15 is 0 Å². The fourth-order valence-electron chi connectivity index (χ4n) is 1.84. The number of halogens is 1. The van der Waals surface area contributed by atoms with Crippen LogP contribution in [0.3, 0.4) is 0 Å². The van der Waals surface area contributed by atoms with E-state index in [4.69, 9.17) is 0 Å². The fraction of sp³-hybridized carbons (Fsp3) is 0.545. The van der Waals surface area contributed by atoms with E-state index in [1.165, 1.54) is 0 Å². The van der Waals surface area contributed by atoms with E-state index in [0.29, 0.717) is 6.04 Å². The van der Waals surface area contributed by atoms with E-state index in [0.717, 1.165) is 29.0 Å². The van der Waals surface area contributed by atoms with Gasteiger partial charge in [-0.25, -0.2) is 0 Å². The second-order valence-corrected chi connectivity index (χ2v) is 6.51. The molecule has 1 unspecified atom stereocenters. The number of carbonyl (C=O) groups is 1. The summed E-state index contributed by atoms with van der Waals surface area (Å²) in [7, 11) is 2.10. The molecule has 88 valence electrons. The van der Waals surface area contributed by atoms with Crippen LogP contribution in [-0.4, -0.2) is 48.4 Å². The number of nitrogens with zero attached hydrogens (tertiary/aromatic N) is 2. The predicted molar refractivity (Wildman–Crippen MR) is 70.0 cm³/mol. The van der Waals surface area contributed by atoms with Crippen LogP contribution in [0.25, 0.3) is 0 Å². The van der Waals surface area contributed by atoms with Crippen molar-refractivity contribution in [1.29, 1.82) is 0 Å².